The average Bonchev–Trinajstić information content (AvgIpc) is 3.41. The Morgan fingerprint density at radius 1 is 1.33 bits per heavy atom. The van der Waals surface area contributed by atoms with Gasteiger partial charge >= 0.3 is 0 Å². The molecule has 9 heteroatoms. The quantitative estimate of drug-likeness (QED) is 0.564. The monoisotopic (exact) mass is 365 g/mol. The van der Waals surface area contributed by atoms with E-state index in [0.29, 0.717) is 25.0 Å². The minimum Gasteiger partial charge on any atom is -0.470 e. The van der Waals surface area contributed by atoms with Gasteiger partial charge in [0, 0.05) is 32.1 Å². The number of nitrogens with zero attached hydrogens (tertiary/aromatic N) is 5. The first-order valence-corrected chi connectivity index (χ1v) is 8.79. The molecule has 4 aromatic rings. The molecular weight excluding hydrogens is 346 g/mol. The maximum absolute atomic E-state index is 6.20. The largest absolute Gasteiger partial charge is 0.470 e. The summed E-state index contributed by atoms with van der Waals surface area (Å²) in [5.41, 5.74) is 2.53. The lowest BCUT2D eigenvalue weighted by molar-refractivity contribution is 0.139. The first kappa shape index (κ1) is 15.9. The highest BCUT2D eigenvalue weighted by atomic mass is 16.5. The Hall–Kier alpha value is -3.33. The lowest BCUT2D eigenvalue weighted by Gasteiger charge is -2.14. The van der Waals surface area contributed by atoms with Crippen LogP contribution in [0.2, 0.25) is 0 Å². The van der Waals surface area contributed by atoms with E-state index >= 15 is 0 Å². The van der Waals surface area contributed by atoms with Crippen molar-refractivity contribution in [2.45, 2.75) is 12.5 Å². The molecule has 0 spiro atoms. The maximum Gasteiger partial charge on any atom is 0.244 e. The summed E-state index contributed by atoms with van der Waals surface area (Å²) in [5, 5.41) is 7.44. The molecule has 1 aliphatic rings. The van der Waals surface area contributed by atoms with Crippen LogP contribution in [0.3, 0.4) is 0 Å². The first-order chi connectivity index (χ1) is 13.3. The van der Waals surface area contributed by atoms with Crippen molar-refractivity contribution in [1.82, 2.24) is 29.3 Å². The summed E-state index contributed by atoms with van der Waals surface area (Å²) in [6.45, 7) is 1.27. The van der Waals surface area contributed by atoms with Crippen LogP contribution in [0.1, 0.15) is 6.42 Å². The number of aryl methyl sites for hydroxylation is 1. The summed E-state index contributed by atoms with van der Waals surface area (Å²) < 4.78 is 15.4. The van der Waals surface area contributed by atoms with Crippen LogP contribution in [0.5, 0.6) is 5.88 Å². The van der Waals surface area contributed by atoms with E-state index in [2.05, 4.69) is 25.4 Å². The molecule has 0 aromatic carbocycles. The van der Waals surface area contributed by atoms with Crippen molar-refractivity contribution in [2.24, 2.45) is 7.05 Å². The Balaban J connectivity index is 1.61. The van der Waals surface area contributed by atoms with E-state index in [1.165, 1.54) is 0 Å². The lowest BCUT2D eigenvalue weighted by Crippen LogP contribution is -2.17. The van der Waals surface area contributed by atoms with Crippen molar-refractivity contribution in [3.63, 3.8) is 0 Å². The van der Waals surface area contributed by atoms with Crippen LogP contribution in [0.4, 0.5) is 11.8 Å². The minimum atomic E-state index is -0.0151. The fourth-order valence-corrected chi connectivity index (χ4v) is 3.19. The Labute approximate surface area is 154 Å². The van der Waals surface area contributed by atoms with E-state index < -0.39 is 0 Å². The summed E-state index contributed by atoms with van der Waals surface area (Å²) in [4.78, 5) is 12.4. The molecule has 5 heterocycles. The molecule has 0 saturated carbocycles. The number of H-pyrrole nitrogens is 1. The topological polar surface area (TPSA) is 94.8 Å². The Kier molecular flexibility index (Phi) is 3.79. The highest BCUT2D eigenvalue weighted by Crippen LogP contribution is 2.30. The van der Waals surface area contributed by atoms with E-state index in [1.54, 1.807) is 10.9 Å². The molecule has 1 saturated heterocycles. The van der Waals surface area contributed by atoms with Gasteiger partial charge in [0.25, 0.3) is 0 Å². The molecule has 9 nitrogen and oxygen atoms in total. The summed E-state index contributed by atoms with van der Waals surface area (Å²) in [6, 6.07) is 5.77. The number of rotatable bonds is 5. The zero-order valence-corrected chi connectivity index (χ0v) is 14.8. The highest BCUT2D eigenvalue weighted by Gasteiger charge is 2.22. The van der Waals surface area contributed by atoms with Gasteiger partial charge in [-0.05, 0) is 18.2 Å². The van der Waals surface area contributed by atoms with Crippen LogP contribution in [0.15, 0.2) is 43.0 Å². The molecule has 4 aromatic heterocycles. The Bertz CT molecular complexity index is 1060. The number of hydrogen-bond donors (Lipinski definition) is 2. The van der Waals surface area contributed by atoms with E-state index in [0.717, 1.165) is 29.0 Å². The smallest absolute Gasteiger partial charge is 0.244 e. The molecule has 0 aliphatic carbocycles. The predicted molar refractivity (Wildman–Crippen MR) is 99.6 cm³/mol. The van der Waals surface area contributed by atoms with Gasteiger partial charge in [-0.25, -0.2) is 4.98 Å². The second-order valence-electron chi connectivity index (χ2n) is 6.46. The second-order valence-corrected chi connectivity index (χ2v) is 6.46. The molecule has 5 rings (SSSR count). The van der Waals surface area contributed by atoms with E-state index in [-0.39, 0.29) is 6.10 Å². The van der Waals surface area contributed by atoms with Gasteiger partial charge in [0.05, 0.1) is 30.6 Å². The van der Waals surface area contributed by atoms with Gasteiger partial charge in [0.1, 0.15) is 17.4 Å². The van der Waals surface area contributed by atoms with Crippen LogP contribution >= 0.6 is 0 Å². The lowest BCUT2D eigenvalue weighted by atomic mass is 10.3. The SMILES string of the molecule is Cn1cc(-n2ccc3nc(Nc4ccc[nH]4)nc(O[C@H]4CCOC4)c32)cn1. The molecule has 0 amide bonds. The molecule has 0 unspecified atom stereocenters. The van der Waals surface area contributed by atoms with Gasteiger partial charge in [-0.15, -0.1) is 0 Å². The molecule has 0 radical (unpaired) electrons. The first-order valence-electron chi connectivity index (χ1n) is 8.79. The number of aromatic nitrogens is 6. The zero-order valence-electron chi connectivity index (χ0n) is 14.8. The molecule has 0 bridgehead atoms. The van der Waals surface area contributed by atoms with Crippen molar-refractivity contribution in [3.8, 4) is 11.6 Å². The number of anilines is 2. The van der Waals surface area contributed by atoms with E-state index in [9.17, 15) is 0 Å². The van der Waals surface area contributed by atoms with Gasteiger partial charge in [0.15, 0.2) is 0 Å². The normalized spacial score (nSPS) is 16.9. The summed E-state index contributed by atoms with van der Waals surface area (Å²) in [7, 11) is 1.89. The van der Waals surface area contributed by atoms with Crippen molar-refractivity contribution >= 4 is 22.8 Å². The third-order valence-electron chi connectivity index (χ3n) is 4.48. The summed E-state index contributed by atoms with van der Waals surface area (Å²) in [5.74, 6) is 1.82. The van der Waals surface area contributed by atoms with Gasteiger partial charge in [-0.3, -0.25) is 4.68 Å². The van der Waals surface area contributed by atoms with Crippen molar-refractivity contribution < 1.29 is 9.47 Å². The number of ether oxygens (including phenoxy) is 2. The van der Waals surface area contributed by atoms with Crippen LogP contribution in [0.25, 0.3) is 16.7 Å². The molecular formula is C18H19N7O2. The van der Waals surface area contributed by atoms with E-state index in [1.807, 2.05) is 48.4 Å². The number of nitrogens with one attached hydrogen (secondary N) is 2. The van der Waals surface area contributed by atoms with Gasteiger partial charge < -0.3 is 24.3 Å². The average molecular weight is 365 g/mol. The standard InChI is InChI=1S/C18H19N7O2/c1-24-10-12(9-20-24)25-7-4-14-16(25)17(27-13-5-8-26-11-13)23-18(21-14)22-15-3-2-6-19-15/h2-4,6-7,9-10,13,19H,5,8,11H2,1H3,(H,21,22,23)/t13-/m0/s1. The molecule has 27 heavy (non-hydrogen) atoms. The number of aromatic amines is 1. The third kappa shape index (κ3) is 3.02. The van der Waals surface area contributed by atoms with Crippen LogP contribution in [-0.2, 0) is 11.8 Å². The molecule has 1 atom stereocenters. The Morgan fingerprint density at radius 3 is 3.04 bits per heavy atom. The fraction of sp³-hybridized carbons (Fsp3) is 0.278. The highest BCUT2D eigenvalue weighted by molar-refractivity contribution is 5.84. The summed E-state index contributed by atoms with van der Waals surface area (Å²) in [6.07, 6.45) is 8.36. The van der Waals surface area contributed by atoms with Gasteiger partial charge in [0.2, 0.25) is 11.8 Å². The number of hydrogen-bond acceptors (Lipinski definition) is 6. The van der Waals surface area contributed by atoms with Crippen molar-refractivity contribution in [2.75, 3.05) is 18.5 Å². The van der Waals surface area contributed by atoms with Crippen molar-refractivity contribution in [1.29, 1.82) is 0 Å². The van der Waals surface area contributed by atoms with Crippen LogP contribution < -0.4 is 10.1 Å². The maximum atomic E-state index is 6.20. The third-order valence-corrected chi connectivity index (χ3v) is 4.48. The zero-order chi connectivity index (χ0) is 18.2. The molecule has 2 N–H and O–H groups in total. The van der Waals surface area contributed by atoms with Gasteiger partial charge in [-0.2, -0.15) is 10.1 Å². The molecule has 138 valence electrons. The fourth-order valence-electron chi connectivity index (χ4n) is 3.19. The predicted octanol–water partition coefficient (Wildman–Crippen LogP) is 2.39. The Morgan fingerprint density at radius 2 is 2.30 bits per heavy atom. The van der Waals surface area contributed by atoms with Gasteiger partial charge in [-0.1, -0.05) is 0 Å². The van der Waals surface area contributed by atoms with Crippen molar-refractivity contribution in [3.05, 3.63) is 43.0 Å². The molecule has 1 aliphatic heterocycles. The van der Waals surface area contributed by atoms with E-state index in [4.69, 9.17) is 9.47 Å². The molecule has 1 fully saturated rings. The second kappa shape index (κ2) is 6.44. The van der Waals surface area contributed by atoms with Crippen LogP contribution in [-0.4, -0.2) is 48.6 Å². The summed E-state index contributed by atoms with van der Waals surface area (Å²) >= 11 is 0. The number of fused-ring (bicyclic) bond motifs is 1. The van der Waals surface area contributed by atoms with Crippen LogP contribution in [0, 0.1) is 0 Å². The minimum absolute atomic E-state index is 0.0151.